The van der Waals surface area contributed by atoms with Crippen LogP contribution in [0.5, 0.6) is 5.75 Å². The fourth-order valence-electron chi connectivity index (χ4n) is 1.59. The Hall–Kier alpha value is -2.96. The standard InChI is InChI=1S/C14H13NO6/c16-13(17)8-20-10-3-1-9(2-4-10)15-7-11-5-6-12(21-11)14(18)19/h1-6,15H,7-8H2,(H,16,17)(H,18,19). The van der Waals surface area contributed by atoms with Gasteiger partial charge in [-0.2, -0.15) is 0 Å². The second-order valence-corrected chi connectivity index (χ2v) is 4.13. The summed E-state index contributed by atoms with van der Waals surface area (Å²) in [7, 11) is 0. The molecule has 7 nitrogen and oxygen atoms in total. The lowest BCUT2D eigenvalue weighted by atomic mass is 10.3. The van der Waals surface area contributed by atoms with Gasteiger partial charge in [-0.25, -0.2) is 9.59 Å². The molecule has 1 aromatic heterocycles. The molecule has 0 radical (unpaired) electrons. The summed E-state index contributed by atoms with van der Waals surface area (Å²) in [5.74, 6) is -1.30. The number of ether oxygens (including phenoxy) is 1. The highest BCUT2D eigenvalue weighted by Gasteiger charge is 2.08. The first-order valence-electron chi connectivity index (χ1n) is 6.05. The largest absolute Gasteiger partial charge is 0.482 e. The highest BCUT2D eigenvalue weighted by Crippen LogP contribution is 2.17. The smallest absolute Gasteiger partial charge is 0.371 e. The van der Waals surface area contributed by atoms with Crippen LogP contribution in [0.3, 0.4) is 0 Å². The fraction of sp³-hybridized carbons (Fsp3) is 0.143. The van der Waals surface area contributed by atoms with E-state index >= 15 is 0 Å². The van der Waals surface area contributed by atoms with Gasteiger partial charge < -0.3 is 24.7 Å². The number of aliphatic carboxylic acids is 1. The molecule has 0 fully saturated rings. The van der Waals surface area contributed by atoms with Gasteiger partial charge in [0, 0.05) is 5.69 Å². The zero-order valence-electron chi connectivity index (χ0n) is 10.9. The molecule has 0 saturated heterocycles. The van der Waals surface area contributed by atoms with E-state index in [9.17, 15) is 9.59 Å². The van der Waals surface area contributed by atoms with E-state index in [0.29, 0.717) is 18.1 Å². The average Bonchev–Trinajstić information content (AvgIpc) is 2.93. The Morgan fingerprint density at radius 2 is 1.81 bits per heavy atom. The van der Waals surface area contributed by atoms with Crippen LogP contribution in [0.2, 0.25) is 0 Å². The van der Waals surface area contributed by atoms with Crippen molar-refractivity contribution in [1.82, 2.24) is 0 Å². The van der Waals surface area contributed by atoms with Crippen LogP contribution >= 0.6 is 0 Å². The number of hydrogen-bond acceptors (Lipinski definition) is 5. The zero-order valence-corrected chi connectivity index (χ0v) is 10.9. The summed E-state index contributed by atoms with van der Waals surface area (Å²) in [5, 5.41) is 20.3. The number of carboxylic acids is 2. The SMILES string of the molecule is O=C(O)COc1ccc(NCc2ccc(C(=O)O)o2)cc1. The van der Waals surface area contributed by atoms with Crippen LogP contribution in [0.25, 0.3) is 0 Å². The molecule has 0 atom stereocenters. The van der Waals surface area contributed by atoms with Crippen molar-refractivity contribution in [2.24, 2.45) is 0 Å². The summed E-state index contributed by atoms with van der Waals surface area (Å²) in [5.41, 5.74) is 0.769. The fourth-order valence-corrected chi connectivity index (χ4v) is 1.59. The molecule has 0 unspecified atom stereocenters. The lowest BCUT2D eigenvalue weighted by Gasteiger charge is -2.06. The molecule has 7 heteroatoms. The van der Waals surface area contributed by atoms with Crippen LogP contribution in [0.4, 0.5) is 5.69 Å². The molecule has 0 aliphatic carbocycles. The van der Waals surface area contributed by atoms with E-state index in [2.05, 4.69) is 5.32 Å². The van der Waals surface area contributed by atoms with Crippen molar-refractivity contribution in [2.45, 2.75) is 6.54 Å². The normalized spacial score (nSPS) is 10.1. The molecule has 0 saturated carbocycles. The summed E-state index contributed by atoms with van der Waals surface area (Å²) in [6.45, 7) is -0.0558. The van der Waals surface area contributed by atoms with Crippen molar-refractivity contribution in [1.29, 1.82) is 0 Å². The highest BCUT2D eigenvalue weighted by molar-refractivity contribution is 5.84. The first-order valence-corrected chi connectivity index (χ1v) is 6.05. The molecular formula is C14H13NO6. The summed E-state index contributed by atoms with van der Waals surface area (Å²) in [6.07, 6.45) is 0. The van der Waals surface area contributed by atoms with Crippen molar-refractivity contribution in [3.05, 3.63) is 47.9 Å². The summed E-state index contributed by atoms with van der Waals surface area (Å²) in [6, 6.07) is 9.69. The quantitative estimate of drug-likeness (QED) is 0.716. The van der Waals surface area contributed by atoms with Crippen LogP contribution in [0.15, 0.2) is 40.8 Å². The number of furan rings is 1. The third-order valence-electron chi connectivity index (χ3n) is 2.56. The Labute approximate surface area is 119 Å². The van der Waals surface area contributed by atoms with Crippen molar-refractivity contribution < 1.29 is 29.0 Å². The third-order valence-corrected chi connectivity index (χ3v) is 2.56. The number of anilines is 1. The first kappa shape index (κ1) is 14.4. The molecule has 2 rings (SSSR count). The third kappa shape index (κ3) is 4.27. The Bertz CT molecular complexity index is 631. The number of rotatable bonds is 7. The molecule has 21 heavy (non-hydrogen) atoms. The minimum atomic E-state index is -1.11. The maximum Gasteiger partial charge on any atom is 0.371 e. The minimum absolute atomic E-state index is 0.107. The van der Waals surface area contributed by atoms with E-state index < -0.39 is 18.5 Å². The molecule has 0 aliphatic heterocycles. The second-order valence-electron chi connectivity index (χ2n) is 4.13. The van der Waals surface area contributed by atoms with E-state index in [-0.39, 0.29) is 5.76 Å². The number of carboxylic acid groups (broad SMARTS) is 2. The maximum atomic E-state index is 10.7. The Morgan fingerprint density at radius 3 is 2.38 bits per heavy atom. The molecule has 110 valence electrons. The molecule has 0 spiro atoms. The van der Waals surface area contributed by atoms with Gasteiger partial charge in [0.25, 0.3) is 0 Å². The van der Waals surface area contributed by atoms with E-state index in [4.69, 9.17) is 19.4 Å². The van der Waals surface area contributed by atoms with Crippen molar-refractivity contribution in [2.75, 3.05) is 11.9 Å². The summed E-state index contributed by atoms with van der Waals surface area (Å²) >= 11 is 0. The molecule has 0 bridgehead atoms. The van der Waals surface area contributed by atoms with Crippen LogP contribution in [0.1, 0.15) is 16.3 Å². The van der Waals surface area contributed by atoms with Gasteiger partial charge in [0.1, 0.15) is 11.5 Å². The zero-order chi connectivity index (χ0) is 15.2. The van der Waals surface area contributed by atoms with Gasteiger partial charge in [0.15, 0.2) is 6.61 Å². The van der Waals surface area contributed by atoms with Crippen molar-refractivity contribution in [3.8, 4) is 5.75 Å². The number of benzene rings is 1. The predicted octanol–water partition coefficient (Wildman–Crippen LogP) is 2.05. The molecule has 3 N–H and O–H groups in total. The molecule has 2 aromatic rings. The predicted molar refractivity (Wildman–Crippen MR) is 72.6 cm³/mol. The maximum absolute atomic E-state index is 10.7. The van der Waals surface area contributed by atoms with E-state index in [1.807, 2.05) is 0 Å². The number of carbonyl (C=O) groups is 2. The van der Waals surface area contributed by atoms with Gasteiger partial charge in [-0.15, -0.1) is 0 Å². The molecular weight excluding hydrogens is 278 g/mol. The monoisotopic (exact) mass is 291 g/mol. The van der Waals surface area contributed by atoms with E-state index in [1.54, 1.807) is 30.3 Å². The van der Waals surface area contributed by atoms with E-state index in [1.165, 1.54) is 6.07 Å². The Morgan fingerprint density at radius 1 is 1.10 bits per heavy atom. The minimum Gasteiger partial charge on any atom is -0.482 e. The lowest BCUT2D eigenvalue weighted by molar-refractivity contribution is -0.139. The van der Waals surface area contributed by atoms with Crippen LogP contribution < -0.4 is 10.1 Å². The Kier molecular flexibility index (Phi) is 4.45. The number of hydrogen-bond donors (Lipinski definition) is 3. The summed E-state index contributed by atoms with van der Waals surface area (Å²) < 4.78 is 10.1. The molecule has 0 amide bonds. The van der Waals surface area contributed by atoms with Gasteiger partial charge in [-0.05, 0) is 36.4 Å². The highest BCUT2D eigenvalue weighted by atomic mass is 16.5. The van der Waals surface area contributed by atoms with Crippen LogP contribution in [-0.2, 0) is 11.3 Å². The molecule has 1 aromatic carbocycles. The Balaban J connectivity index is 1.88. The molecule has 1 heterocycles. The van der Waals surface area contributed by atoms with E-state index in [0.717, 1.165) is 5.69 Å². The van der Waals surface area contributed by atoms with Gasteiger partial charge in [0.05, 0.1) is 6.54 Å². The summed E-state index contributed by atoms with van der Waals surface area (Å²) in [4.78, 5) is 21.0. The van der Waals surface area contributed by atoms with Crippen LogP contribution in [-0.4, -0.2) is 28.8 Å². The number of nitrogens with one attached hydrogen (secondary N) is 1. The van der Waals surface area contributed by atoms with Crippen molar-refractivity contribution >= 4 is 17.6 Å². The molecule has 0 aliphatic rings. The first-order chi connectivity index (χ1) is 10.0. The second kappa shape index (κ2) is 6.47. The lowest BCUT2D eigenvalue weighted by Crippen LogP contribution is -2.09. The number of aromatic carboxylic acids is 1. The van der Waals surface area contributed by atoms with Crippen molar-refractivity contribution in [3.63, 3.8) is 0 Å². The van der Waals surface area contributed by atoms with Gasteiger partial charge in [-0.1, -0.05) is 0 Å². The van der Waals surface area contributed by atoms with Crippen LogP contribution in [0, 0.1) is 0 Å². The van der Waals surface area contributed by atoms with Gasteiger partial charge >= 0.3 is 11.9 Å². The topological polar surface area (TPSA) is 109 Å². The average molecular weight is 291 g/mol. The van der Waals surface area contributed by atoms with Gasteiger partial charge in [0.2, 0.25) is 5.76 Å². The van der Waals surface area contributed by atoms with Gasteiger partial charge in [-0.3, -0.25) is 0 Å².